The molecule has 0 radical (unpaired) electrons. The lowest BCUT2D eigenvalue weighted by Gasteiger charge is -2.07. The van der Waals surface area contributed by atoms with E-state index in [1.54, 1.807) is 18.2 Å². The highest BCUT2D eigenvalue weighted by Gasteiger charge is 2.10. The molecule has 8 heteroatoms. The minimum absolute atomic E-state index is 0.146. The van der Waals surface area contributed by atoms with Crippen molar-refractivity contribution in [2.75, 3.05) is 5.32 Å². The van der Waals surface area contributed by atoms with E-state index in [9.17, 15) is 9.18 Å². The summed E-state index contributed by atoms with van der Waals surface area (Å²) in [5.41, 5.74) is 1.19. The molecule has 3 rings (SSSR count). The highest BCUT2D eigenvalue weighted by atomic mass is 127. The summed E-state index contributed by atoms with van der Waals surface area (Å²) in [4.78, 5) is 16.4. The van der Waals surface area contributed by atoms with Gasteiger partial charge in [-0.3, -0.25) is 10.1 Å². The van der Waals surface area contributed by atoms with E-state index < -0.39 is 0 Å². The number of thiocarbonyl (C=S) groups is 1. The highest BCUT2D eigenvalue weighted by Crippen LogP contribution is 2.26. The van der Waals surface area contributed by atoms with Crippen LogP contribution in [0.4, 0.5) is 9.52 Å². The number of carbonyl (C=O) groups excluding carboxylic acids is 1. The van der Waals surface area contributed by atoms with Crippen molar-refractivity contribution in [2.45, 2.75) is 0 Å². The summed E-state index contributed by atoms with van der Waals surface area (Å²) in [6.07, 6.45) is 0. The van der Waals surface area contributed by atoms with Gasteiger partial charge in [0.2, 0.25) is 0 Å². The lowest BCUT2D eigenvalue weighted by molar-refractivity contribution is 0.0977. The van der Waals surface area contributed by atoms with Gasteiger partial charge in [0.25, 0.3) is 5.91 Å². The first kappa shape index (κ1) is 16.2. The number of amides is 1. The largest absolute Gasteiger partial charge is 0.308 e. The Balaban J connectivity index is 1.68. The van der Waals surface area contributed by atoms with Crippen molar-refractivity contribution in [2.24, 2.45) is 0 Å². The summed E-state index contributed by atoms with van der Waals surface area (Å²) in [7, 11) is 0. The molecular weight excluding hydrogens is 448 g/mol. The van der Waals surface area contributed by atoms with Gasteiger partial charge < -0.3 is 5.32 Å². The summed E-state index contributed by atoms with van der Waals surface area (Å²) >= 11 is 8.54. The smallest absolute Gasteiger partial charge is 0.257 e. The van der Waals surface area contributed by atoms with Gasteiger partial charge in [0, 0.05) is 9.13 Å². The van der Waals surface area contributed by atoms with Crippen LogP contribution >= 0.6 is 46.1 Å². The number of carbonyl (C=O) groups is 1. The Labute approximate surface area is 154 Å². The number of hydrogen-bond acceptors (Lipinski definition) is 4. The highest BCUT2D eigenvalue weighted by molar-refractivity contribution is 14.1. The van der Waals surface area contributed by atoms with Crippen molar-refractivity contribution in [3.63, 3.8) is 0 Å². The van der Waals surface area contributed by atoms with Gasteiger partial charge >= 0.3 is 0 Å². The quantitative estimate of drug-likeness (QED) is 0.448. The first-order chi connectivity index (χ1) is 11.0. The molecule has 2 N–H and O–H groups in total. The monoisotopic (exact) mass is 457 g/mol. The van der Waals surface area contributed by atoms with Crippen LogP contribution in [0.15, 0.2) is 42.5 Å². The molecule has 23 heavy (non-hydrogen) atoms. The van der Waals surface area contributed by atoms with Gasteiger partial charge in [-0.15, -0.1) is 0 Å². The van der Waals surface area contributed by atoms with Crippen molar-refractivity contribution < 1.29 is 9.18 Å². The minimum Gasteiger partial charge on any atom is -0.308 e. The van der Waals surface area contributed by atoms with Crippen molar-refractivity contribution in [3.05, 3.63) is 57.4 Å². The van der Waals surface area contributed by atoms with Gasteiger partial charge in [0.15, 0.2) is 10.2 Å². The Bertz CT molecular complexity index is 895. The summed E-state index contributed by atoms with van der Waals surface area (Å²) in [6, 6.07) is 11.5. The number of nitrogens with one attached hydrogen (secondary N) is 2. The molecule has 1 aromatic heterocycles. The molecule has 116 valence electrons. The van der Waals surface area contributed by atoms with E-state index >= 15 is 0 Å². The second-order valence-corrected chi connectivity index (χ2v) is 7.23. The van der Waals surface area contributed by atoms with Crippen LogP contribution in [0.5, 0.6) is 0 Å². The molecule has 3 aromatic rings. The second-order valence-electron chi connectivity index (χ2n) is 4.55. The third-order valence-corrected chi connectivity index (χ3v) is 4.76. The van der Waals surface area contributed by atoms with Crippen LogP contribution in [-0.2, 0) is 0 Å². The van der Waals surface area contributed by atoms with Crippen molar-refractivity contribution in [1.29, 1.82) is 0 Å². The molecule has 0 saturated carbocycles. The minimum atomic E-state index is -0.317. The summed E-state index contributed by atoms with van der Waals surface area (Å²) < 4.78 is 14.9. The van der Waals surface area contributed by atoms with Gasteiger partial charge in [0.1, 0.15) is 5.82 Å². The third kappa shape index (κ3) is 4.01. The van der Waals surface area contributed by atoms with E-state index in [2.05, 4.69) is 38.2 Å². The average molecular weight is 457 g/mol. The maximum absolute atomic E-state index is 13.2. The lowest BCUT2D eigenvalue weighted by Crippen LogP contribution is -2.34. The first-order valence-corrected chi connectivity index (χ1v) is 8.75. The van der Waals surface area contributed by atoms with Crippen LogP contribution in [0, 0.1) is 9.39 Å². The standard InChI is InChI=1S/C15H9FIN3OS2/c16-9-3-6-11-12(7-9)23-15(18-11)20-14(22)19-13(21)8-1-4-10(17)5-2-8/h1-7H,(H2,18,19,20,21,22). The Morgan fingerprint density at radius 3 is 2.70 bits per heavy atom. The molecule has 0 fully saturated rings. The van der Waals surface area contributed by atoms with Crippen molar-refractivity contribution in [1.82, 2.24) is 10.3 Å². The van der Waals surface area contributed by atoms with Gasteiger partial charge in [-0.2, -0.15) is 0 Å². The van der Waals surface area contributed by atoms with Crippen LogP contribution in [0.2, 0.25) is 0 Å². The predicted molar refractivity (Wildman–Crippen MR) is 102 cm³/mol. The zero-order valence-corrected chi connectivity index (χ0v) is 15.3. The molecular formula is C15H9FIN3OS2. The number of hydrogen-bond donors (Lipinski definition) is 2. The average Bonchev–Trinajstić information content (AvgIpc) is 2.88. The zero-order chi connectivity index (χ0) is 16.4. The van der Waals surface area contributed by atoms with Gasteiger partial charge in [0.05, 0.1) is 10.2 Å². The Morgan fingerprint density at radius 1 is 1.22 bits per heavy atom. The number of fused-ring (bicyclic) bond motifs is 1. The van der Waals surface area contributed by atoms with Crippen LogP contribution in [0.3, 0.4) is 0 Å². The number of thiazole rings is 1. The molecule has 0 unspecified atom stereocenters. The first-order valence-electron chi connectivity index (χ1n) is 6.45. The van der Waals surface area contributed by atoms with E-state index in [4.69, 9.17) is 12.2 Å². The van der Waals surface area contributed by atoms with Crippen molar-refractivity contribution >= 4 is 72.5 Å². The van der Waals surface area contributed by atoms with Crippen LogP contribution in [0.25, 0.3) is 10.2 Å². The fourth-order valence-corrected chi connectivity index (χ4v) is 3.37. The molecule has 0 atom stereocenters. The van der Waals surface area contributed by atoms with Gasteiger partial charge in [-0.1, -0.05) is 11.3 Å². The van der Waals surface area contributed by atoms with E-state index in [0.29, 0.717) is 20.9 Å². The van der Waals surface area contributed by atoms with E-state index in [1.807, 2.05) is 12.1 Å². The maximum atomic E-state index is 13.2. The fourth-order valence-electron chi connectivity index (χ4n) is 1.86. The number of nitrogens with zero attached hydrogens (tertiary/aromatic N) is 1. The van der Waals surface area contributed by atoms with Crippen molar-refractivity contribution in [3.8, 4) is 0 Å². The molecule has 0 spiro atoms. The number of benzene rings is 2. The molecule has 0 saturated heterocycles. The number of halogens is 2. The molecule has 0 aliphatic rings. The third-order valence-electron chi connectivity index (χ3n) is 2.90. The fraction of sp³-hybridized carbons (Fsp3) is 0. The molecule has 1 amide bonds. The van der Waals surface area contributed by atoms with Crippen LogP contribution < -0.4 is 10.6 Å². The van der Waals surface area contributed by atoms with Crippen LogP contribution in [-0.4, -0.2) is 16.0 Å². The summed E-state index contributed by atoms with van der Waals surface area (Å²) in [5.74, 6) is -0.617. The number of aromatic nitrogens is 1. The Kier molecular flexibility index (Phi) is 4.83. The van der Waals surface area contributed by atoms with Gasteiger partial charge in [-0.05, 0) is 77.3 Å². The number of rotatable bonds is 2. The maximum Gasteiger partial charge on any atom is 0.257 e. The Hall–Kier alpha value is -1.65. The molecule has 0 bridgehead atoms. The molecule has 0 aliphatic heterocycles. The predicted octanol–water partition coefficient (Wildman–Crippen LogP) is 4.17. The summed E-state index contributed by atoms with van der Waals surface area (Å²) in [5, 5.41) is 6.08. The topological polar surface area (TPSA) is 54.0 Å². The molecule has 1 heterocycles. The summed E-state index contributed by atoms with van der Waals surface area (Å²) in [6.45, 7) is 0. The van der Waals surface area contributed by atoms with E-state index in [1.165, 1.54) is 23.5 Å². The zero-order valence-electron chi connectivity index (χ0n) is 11.5. The molecule has 2 aromatic carbocycles. The van der Waals surface area contributed by atoms with Crippen LogP contribution in [0.1, 0.15) is 10.4 Å². The van der Waals surface area contributed by atoms with E-state index in [0.717, 1.165) is 3.57 Å². The molecule has 4 nitrogen and oxygen atoms in total. The SMILES string of the molecule is O=C(NC(=S)Nc1nc2ccc(F)cc2s1)c1ccc(I)cc1. The number of anilines is 1. The molecule has 0 aliphatic carbocycles. The lowest BCUT2D eigenvalue weighted by atomic mass is 10.2. The second kappa shape index (κ2) is 6.85. The van der Waals surface area contributed by atoms with Gasteiger partial charge in [-0.25, -0.2) is 9.37 Å². The van der Waals surface area contributed by atoms with E-state index in [-0.39, 0.29) is 16.8 Å². The normalized spacial score (nSPS) is 10.5. The Morgan fingerprint density at radius 2 is 1.96 bits per heavy atom.